The van der Waals surface area contributed by atoms with Crippen LogP contribution < -0.4 is 0 Å². The summed E-state index contributed by atoms with van der Waals surface area (Å²) in [6.07, 6.45) is 3.08. The summed E-state index contributed by atoms with van der Waals surface area (Å²) in [6, 6.07) is 9.30. The molecule has 0 bridgehead atoms. The van der Waals surface area contributed by atoms with Gasteiger partial charge in [0.1, 0.15) is 5.15 Å². The van der Waals surface area contributed by atoms with Crippen LogP contribution in [0, 0.1) is 0 Å². The largest absolute Gasteiger partial charge is 0.298 e. The average molecular weight is 266 g/mol. The predicted octanol–water partition coefficient (Wildman–Crippen LogP) is 3.79. The van der Waals surface area contributed by atoms with Gasteiger partial charge in [-0.1, -0.05) is 35.3 Å². The third kappa shape index (κ3) is 3.05. The number of rotatable bonds is 3. The lowest BCUT2D eigenvalue weighted by atomic mass is 10.1. The summed E-state index contributed by atoms with van der Waals surface area (Å²) >= 11 is 11.6. The van der Waals surface area contributed by atoms with Crippen molar-refractivity contribution in [2.75, 3.05) is 0 Å². The van der Waals surface area contributed by atoms with Crippen LogP contribution in [0.3, 0.4) is 0 Å². The van der Waals surface area contributed by atoms with E-state index in [2.05, 4.69) is 4.98 Å². The zero-order chi connectivity index (χ0) is 12.3. The van der Waals surface area contributed by atoms with Gasteiger partial charge in [0, 0.05) is 11.2 Å². The highest BCUT2D eigenvalue weighted by atomic mass is 35.5. The van der Waals surface area contributed by atoms with Crippen molar-refractivity contribution in [1.29, 1.82) is 0 Å². The normalized spacial score (nSPS) is 10.2. The highest BCUT2D eigenvalue weighted by Gasteiger charge is 2.03. The van der Waals surface area contributed by atoms with Gasteiger partial charge in [-0.15, -0.1) is 0 Å². The minimum atomic E-state index is 0.236. The zero-order valence-electron chi connectivity index (χ0n) is 8.86. The molecule has 0 aliphatic heterocycles. The lowest BCUT2D eigenvalue weighted by Gasteiger charge is -2.03. The number of carbonyl (C=O) groups is 1. The van der Waals surface area contributed by atoms with Crippen LogP contribution in [0.4, 0.5) is 0 Å². The van der Waals surface area contributed by atoms with Gasteiger partial charge in [0.25, 0.3) is 0 Å². The van der Waals surface area contributed by atoms with Gasteiger partial charge in [0.05, 0.1) is 5.56 Å². The van der Waals surface area contributed by atoms with E-state index in [1.807, 2.05) is 24.3 Å². The van der Waals surface area contributed by atoms with Gasteiger partial charge in [-0.25, -0.2) is 4.98 Å². The van der Waals surface area contributed by atoms with E-state index in [0.717, 1.165) is 11.1 Å². The van der Waals surface area contributed by atoms with Crippen molar-refractivity contribution in [3.63, 3.8) is 0 Å². The molecule has 2 nitrogen and oxygen atoms in total. The third-order valence-corrected chi connectivity index (χ3v) is 2.94. The van der Waals surface area contributed by atoms with Crippen molar-refractivity contribution in [2.24, 2.45) is 0 Å². The SMILES string of the molecule is O=Cc1cc(Cc2ccc(Cl)cc2)cnc1Cl. The maximum Gasteiger partial charge on any atom is 0.153 e. The molecule has 0 saturated carbocycles. The van der Waals surface area contributed by atoms with Crippen LogP contribution in [-0.4, -0.2) is 11.3 Å². The van der Waals surface area contributed by atoms with E-state index in [9.17, 15) is 4.79 Å². The maximum atomic E-state index is 10.7. The van der Waals surface area contributed by atoms with E-state index in [-0.39, 0.29) is 5.15 Å². The zero-order valence-corrected chi connectivity index (χ0v) is 10.4. The van der Waals surface area contributed by atoms with E-state index in [1.165, 1.54) is 0 Å². The summed E-state index contributed by atoms with van der Waals surface area (Å²) in [4.78, 5) is 14.7. The van der Waals surface area contributed by atoms with E-state index in [1.54, 1.807) is 12.3 Å². The first kappa shape index (κ1) is 12.1. The Balaban J connectivity index is 2.24. The van der Waals surface area contributed by atoms with Crippen LogP contribution >= 0.6 is 23.2 Å². The quantitative estimate of drug-likeness (QED) is 0.624. The van der Waals surface area contributed by atoms with E-state index in [0.29, 0.717) is 23.3 Å². The minimum Gasteiger partial charge on any atom is -0.298 e. The maximum absolute atomic E-state index is 10.7. The van der Waals surface area contributed by atoms with Crippen molar-refractivity contribution in [1.82, 2.24) is 4.98 Å². The molecule has 0 atom stereocenters. The van der Waals surface area contributed by atoms with E-state index >= 15 is 0 Å². The first-order valence-corrected chi connectivity index (χ1v) is 5.78. The molecule has 0 aliphatic carbocycles. The molecule has 4 heteroatoms. The molecule has 0 N–H and O–H groups in total. The number of hydrogen-bond acceptors (Lipinski definition) is 2. The van der Waals surface area contributed by atoms with Gasteiger partial charge in [-0.2, -0.15) is 0 Å². The molecule has 1 aromatic heterocycles. The summed E-state index contributed by atoms with van der Waals surface area (Å²) in [5, 5.41) is 0.941. The molecule has 0 spiro atoms. The summed E-state index contributed by atoms with van der Waals surface area (Å²) in [5.41, 5.74) is 2.47. The van der Waals surface area contributed by atoms with Crippen molar-refractivity contribution in [2.45, 2.75) is 6.42 Å². The lowest BCUT2D eigenvalue weighted by molar-refractivity contribution is 0.112. The van der Waals surface area contributed by atoms with Crippen LogP contribution in [0.5, 0.6) is 0 Å². The minimum absolute atomic E-state index is 0.236. The van der Waals surface area contributed by atoms with Crippen molar-refractivity contribution < 1.29 is 4.79 Å². The van der Waals surface area contributed by atoms with Crippen LogP contribution in [0.15, 0.2) is 36.5 Å². The second-order valence-corrected chi connectivity index (χ2v) is 4.44. The molecule has 0 fully saturated rings. The third-order valence-electron chi connectivity index (χ3n) is 2.37. The smallest absolute Gasteiger partial charge is 0.153 e. The van der Waals surface area contributed by atoms with Crippen molar-refractivity contribution in [3.05, 3.63) is 63.4 Å². The Morgan fingerprint density at radius 1 is 1.12 bits per heavy atom. The molecule has 0 unspecified atom stereocenters. The van der Waals surface area contributed by atoms with Crippen molar-refractivity contribution >= 4 is 29.5 Å². The summed E-state index contributed by atoms with van der Waals surface area (Å²) in [6.45, 7) is 0. The van der Waals surface area contributed by atoms with Gasteiger partial charge < -0.3 is 0 Å². The van der Waals surface area contributed by atoms with Gasteiger partial charge in [0.2, 0.25) is 0 Å². The Kier molecular flexibility index (Phi) is 3.77. The molecular formula is C13H9Cl2NO. The van der Waals surface area contributed by atoms with Crippen LogP contribution in [0.1, 0.15) is 21.5 Å². The summed E-state index contributed by atoms with van der Waals surface area (Å²) < 4.78 is 0. The molecule has 1 aromatic carbocycles. The van der Waals surface area contributed by atoms with Crippen LogP contribution in [0.2, 0.25) is 10.2 Å². The van der Waals surface area contributed by atoms with Gasteiger partial charge >= 0.3 is 0 Å². The van der Waals surface area contributed by atoms with Crippen molar-refractivity contribution in [3.8, 4) is 0 Å². The van der Waals surface area contributed by atoms with Gasteiger partial charge in [-0.05, 0) is 35.7 Å². The highest BCUT2D eigenvalue weighted by molar-refractivity contribution is 6.31. The number of benzene rings is 1. The second-order valence-electron chi connectivity index (χ2n) is 3.64. The topological polar surface area (TPSA) is 30.0 Å². The Bertz CT molecular complexity index is 538. The number of nitrogens with zero attached hydrogens (tertiary/aromatic N) is 1. The molecule has 0 radical (unpaired) electrons. The van der Waals surface area contributed by atoms with Crippen LogP contribution in [-0.2, 0) is 6.42 Å². The predicted molar refractivity (Wildman–Crippen MR) is 68.9 cm³/mol. The fourth-order valence-corrected chi connectivity index (χ4v) is 1.80. The highest BCUT2D eigenvalue weighted by Crippen LogP contribution is 2.16. The molecule has 2 rings (SSSR count). The number of pyridine rings is 1. The van der Waals surface area contributed by atoms with E-state index in [4.69, 9.17) is 23.2 Å². The number of aromatic nitrogens is 1. The number of hydrogen-bond donors (Lipinski definition) is 0. The Labute approximate surface area is 109 Å². The Hall–Kier alpha value is -1.38. The fourth-order valence-electron chi connectivity index (χ4n) is 1.53. The van der Waals surface area contributed by atoms with Crippen LogP contribution in [0.25, 0.3) is 0 Å². The van der Waals surface area contributed by atoms with Gasteiger partial charge in [0.15, 0.2) is 6.29 Å². The molecule has 0 saturated heterocycles. The molecule has 0 aliphatic rings. The fraction of sp³-hybridized carbons (Fsp3) is 0.0769. The Morgan fingerprint density at radius 2 is 1.82 bits per heavy atom. The number of carbonyl (C=O) groups excluding carboxylic acids is 1. The molecule has 0 amide bonds. The molecule has 1 heterocycles. The molecule has 17 heavy (non-hydrogen) atoms. The lowest BCUT2D eigenvalue weighted by Crippen LogP contribution is -1.93. The standard InChI is InChI=1S/C13H9Cl2NO/c14-12-3-1-9(2-4-12)5-10-6-11(8-17)13(15)16-7-10/h1-4,6-8H,5H2. The monoisotopic (exact) mass is 265 g/mol. The molecule has 86 valence electrons. The molecule has 2 aromatic rings. The average Bonchev–Trinajstić information content (AvgIpc) is 2.34. The number of aldehydes is 1. The molecular weight excluding hydrogens is 257 g/mol. The summed E-state index contributed by atoms with van der Waals surface area (Å²) in [7, 11) is 0. The second kappa shape index (κ2) is 5.30. The Morgan fingerprint density at radius 3 is 2.47 bits per heavy atom. The first-order valence-electron chi connectivity index (χ1n) is 5.03. The first-order chi connectivity index (χ1) is 8.19. The summed E-state index contributed by atoms with van der Waals surface area (Å²) in [5.74, 6) is 0. The number of halogens is 2. The van der Waals surface area contributed by atoms with Gasteiger partial charge in [-0.3, -0.25) is 4.79 Å². The van der Waals surface area contributed by atoms with E-state index < -0.39 is 0 Å².